The van der Waals surface area contributed by atoms with Crippen LogP contribution in [0.2, 0.25) is 5.02 Å². The third-order valence-corrected chi connectivity index (χ3v) is 3.91. The van der Waals surface area contributed by atoms with Crippen molar-refractivity contribution in [2.75, 3.05) is 0 Å². The highest BCUT2D eigenvalue weighted by molar-refractivity contribution is 9.10. The molecule has 2 rings (SSSR count). The number of hydrogen-bond donors (Lipinski definition) is 0. The number of halogens is 2. The number of ketones is 1. The van der Waals surface area contributed by atoms with Crippen molar-refractivity contribution in [3.8, 4) is 0 Å². The maximum atomic E-state index is 11.9. The average molecular weight is 354 g/mol. The van der Waals surface area contributed by atoms with E-state index in [4.69, 9.17) is 11.6 Å². The molecule has 0 aromatic heterocycles. The molecule has 1 nitrogen and oxygen atoms in total. The molecule has 0 N–H and O–H groups in total. The van der Waals surface area contributed by atoms with Gasteiger partial charge >= 0.3 is 0 Å². The first-order chi connectivity index (χ1) is 9.15. The third-order valence-electron chi connectivity index (χ3n) is 2.35. The molecule has 0 aliphatic rings. The molecule has 19 heavy (non-hydrogen) atoms. The van der Waals surface area contributed by atoms with Gasteiger partial charge in [0.25, 0.3) is 0 Å². The lowest BCUT2D eigenvalue weighted by atomic mass is 10.1. The second-order valence-corrected chi connectivity index (χ2v) is 6.08. The van der Waals surface area contributed by atoms with E-state index in [1.54, 1.807) is 23.6 Å². The minimum absolute atomic E-state index is 0.0113. The van der Waals surface area contributed by atoms with Crippen LogP contribution in [0.25, 0.3) is 0 Å². The summed E-state index contributed by atoms with van der Waals surface area (Å²) in [6.07, 6.45) is 1.57. The van der Waals surface area contributed by atoms with Gasteiger partial charge in [-0.05, 0) is 47.9 Å². The molecule has 0 radical (unpaired) electrons. The van der Waals surface area contributed by atoms with Crippen molar-refractivity contribution < 1.29 is 4.79 Å². The van der Waals surface area contributed by atoms with Gasteiger partial charge in [-0.1, -0.05) is 51.4 Å². The molecular weight excluding hydrogens is 344 g/mol. The molecule has 0 fully saturated rings. The van der Waals surface area contributed by atoms with Gasteiger partial charge in [0.1, 0.15) is 0 Å². The van der Waals surface area contributed by atoms with Crippen LogP contribution in [0.1, 0.15) is 10.4 Å². The smallest absolute Gasteiger partial charge is 0.186 e. The van der Waals surface area contributed by atoms with Gasteiger partial charge < -0.3 is 0 Å². The number of thioether (sulfide) groups is 1. The lowest BCUT2D eigenvalue weighted by Crippen LogP contribution is -1.92. The second kappa shape index (κ2) is 6.94. The summed E-state index contributed by atoms with van der Waals surface area (Å²) in [7, 11) is 0. The van der Waals surface area contributed by atoms with E-state index >= 15 is 0 Å². The Balaban J connectivity index is 1.99. The predicted octanol–water partition coefficient (Wildman–Crippen LogP) is 5.59. The van der Waals surface area contributed by atoms with Crippen molar-refractivity contribution in [3.05, 3.63) is 75.1 Å². The molecule has 0 heterocycles. The Morgan fingerprint density at radius 2 is 1.89 bits per heavy atom. The van der Waals surface area contributed by atoms with Gasteiger partial charge in [0.15, 0.2) is 5.78 Å². The van der Waals surface area contributed by atoms with E-state index in [0.717, 1.165) is 9.37 Å². The Bertz CT molecular complexity index is 608. The van der Waals surface area contributed by atoms with Crippen molar-refractivity contribution in [1.82, 2.24) is 0 Å². The SMILES string of the molecule is O=C(/C=C/Sc1ccc(Cl)cc1)c1cccc(Br)c1. The third kappa shape index (κ3) is 4.53. The molecule has 2 aromatic carbocycles. The Hall–Kier alpha value is -1.03. The van der Waals surface area contributed by atoms with Gasteiger partial charge in [0, 0.05) is 20.0 Å². The molecule has 0 saturated heterocycles. The summed E-state index contributed by atoms with van der Waals surface area (Å²) in [6.45, 7) is 0. The van der Waals surface area contributed by atoms with Gasteiger partial charge in [0.2, 0.25) is 0 Å². The van der Waals surface area contributed by atoms with Crippen LogP contribution in [0.4, 0.5) is 0 Å². The highest BCUT2D eigenvalue weighted by atomic mass is 79.9. The molecule has 0 bridgehead atoms. The first-order valence-corrected chi connectivity index (χ1v) is 7.59. The highest BCUT2D eigenvalue weighted by Gasteiger charge is 2.01. The summed E-state index contributed by atoms with van der Waals surface area (Å²) < 4.78 is 0.900. The minimum Gasteiger partial charge on any atom is -0.289 e. The molecule has 0 spiro atoms. The lowest BCUT2D eigenvalue weighted by Gasteiger charge is -1.97. The van der Waals surface area contributed by atoms with Crippen LogP contribution in [-0.2, 0) is 0 Å². The highest BCUT2D eigenvalue weighted by Crippen LogP contribution is 2.21. The first-order valence-electron chi connectivity index (χ1n) is 5.54. The Labute approximate surface area is 129 Å². The molecule has 96 valence electrons. The quantitative estimate of drug-likeness (QED) is 0.405. The Morgan fingerprint density at radius 1 is 1.16 bits per heavy atom. The lowest BCUT2D eigenvalue weighted by molar-refractivity contribution is 0.104. The van der Waals surface area contributed by atoms with E-state index in [1.807, 2.05) is 36.4 Å². The van der Waals surface area contributed by atoms with Crippen LogP contribution in [-0.4, -0.2) is 5.78 Å². The van der Waals surface area contributed by atoms with E-state index in [2.05, 4.69) is 15.9 Å². The fourth-order valence-corrected chi connectivity index (χ4v) is 2.59. The number of carbonyl (C=O) groups excluding carboxylic acids is 1. The van der Waals surface area contributed by atoms with Crippen molar-refractivity contribution in [1.29, 1.82) is 0 Å². The van der Waals surface area contributed by atoms with E-state index in [0.29, 0.717) is 10.6 Å². The summed E-state index contributed by atoms with van der Waals surface area (Å²) >= 11 is 10.6. The topological polar surface area (TPSA) is 17.1 Å². The molecule has 4 heteroatoms. The maximum Gasteiger partial charge on any atom is 0.186 e. The molecule has 2 aromatic rings. The number of rotatable bonds is 4. The van der Waals surface area contributed by atoms with Gasteiger partial charge in [0.05, 0.1) is 0 Å². The number of carbonyl (C=O) groups is 1. The Kier molecular flexibility index (Phi) is 5.25. The van der Waals surface area contributed by atoms with Crippen molar-refractivity contribution >= 4 is 45.1 Å². The zero-order valence-corrected chi connectivity index (χ0v) is 13.0. The van der Waals surface area contributed by atoms with Crippen LogP contribution in [0.3, 0.4) is 0 Å². The van der Waals surface area contributed by atoms with E-state index in [-0.39, 0.29) is 5.78 Å². The van der Waals surface area contributed by atoms with Gasteiger partial charge in [-0.2, -0.15) is 0 Å². The first kappa shape index (κ1) is 14.4. The number of hydrogen-bond acceptors (Lipinski definition) is 2. The Morgan fingerprint density at radius 3 is 2.58 bits per heavy atom. The predicted molar refractivity (Wildman–Crippen MR) is 84.9 cm³/mol. The molecule has 0 aliphatic heterocycles. The van der Waals surface area contributed by atoms with Crippen LogP contribution < -0.4 is 0 Å². The van der Waals surface area contributed by atoms with Crippen LogP contribution in [0, 0.1) is 0 Å². The molecule has 0 saturated carbocycles. The molecule has 0 aliphatic carbocycles. The average Bonchev–Trinajstić information content (AvgIpc) is 2.41. The van der Waals surface area contributed by atoms with Gasteiger partial charge in [-0.15, -0.1) is 0 Å². The van der Waals surface area contributed by atoms with E-state index in [9.17, 15) is 4.79 Å². The van der Waals surface area contributed by atoms with Crippen molar-refractivity contribution in [3.63, 3.8) is 0 Å². The van der Waals surface area contributed by atoms with Crippen LogP contribution in [0.15, 0.2) is 69.4 Å². The zero-order chi connectivity index (χ0) is 13.7. The fraction of sp³-hybridized carbons (Fsp3) is 0. The minimum atomic E-state index is -0.0113. The summed E-state index contributed by atoms with van der Waals surface area (Å²) in [5.74, 6) is -0.0113. The summed E-state index contributed by atoms with van der Waals surface area (Å²) in [6, 6.07) is 14.8. The summed E-state index contributed by atoms with van der Waals surface area (Å²) in [4.78, 5) is 12.9. The van der Waals surface area contributed by atoms with Crippen molar-refractivity contribution in [2.45, 2.75) is 4.90 Å². The van der Waals surface area contributed by atoms with Gasteiger partial charge in [-0.25, -0.2) is 0 Å². The van der Waals surface area contributed by atoms with Crippen LogP contribution >= 0.6 is 39.3 Å². The van der Waals surface area contributed by atoms with E-state index in [1.165, 1.54) is 11.8 Å². The van der Waals surface area contributed by atoms with Gasteiger partial charge in [-0.3, -0.25) is 4.79 Å². The summed E-state index contributed by atoms with van der Waals surface area (Å²) in [5, 5.41) is 2.49. The molecule has 0 unspecified atom stereocenters. The van der Waals surface area contributed by atoms with Crippen molar-refractivity contribution in [2.24, 2.45) is 0 Å². The zero-order valence-electron chi connectivity index (χ0n) is 9.85. The standard InChI is InChI=1S/C15H10BrClOS/c16-12-3-1-2-11(10-12)15(18)8-9-19-14-6-4-13(17)5-7-14/h1-10H/b9-8+. The number of allylic oxidation sites excluding steroid dienone is 1. The van der Waals surface area contributed by atoms with E-state index < -0.39 is 0 Å². The fourth-order valence-electron chi connectivity index (χ4n) is 1.43. The molecule has 0 amide bonds. The maximum absolute atomic E-state index is 11.9. The largest absolute Gasteiger partial charge is 0.289 e. The van der Waals surface area contributed by atoms with Crippen LogP contribution in [0.5, 0.6) is 0 Å². The second-order valence-electron chi connectivity index (χ2n) is 3.75. The number of benzene rings is 2. The normalized spacial score (nSPS) is 10.8. The molecular formula is C15H10BrClOS. The molecule has 0 atom stereocenters. The summed E-state index contributed by atoms with van der Waals surface area (Å²) in [5.41, 5.74) is 0.669. The monoisotopic (exact) mass is 352 g/mol.